The second-order valence-corrected chi connectivity index (χ2v) is 7.67. The molecule has 0 spiro atoms. The molecule has 0 bridgehead atoms. The van der Waals surface area contributed by atoms with Gasteiger partial charge in [-0.2, -0.15) is 0 Å². The van der Waals surface area contributed by atoms with Crippen LogP contribution in [0.2, 0.25) is 0 Å². The van der Waals surface area contributed by atoms with Gasteiger partial charge in [-0.15, -0.1) is 0 Å². The number of rotatable bonds is 3. The highest BCUT2D eigenvalue weighted by Crippen LogP contribution is 2.43. The van der Waals surface area contributed by atoms with Crippen molar-refractivity contribution in [1.82, 2.24) is 0 Å². The average molecular weight is 370 g/mol. The number of nitrogens with zero attached hydrogens (tertiary/aromatic N) is 2. The Morgan fingerprint density at radius 3 is 2.70 bits per heavy atom. The predicted octanol–water partition coefficient (Wildman–Crippen LogP) is 4.70. The van der Waals surface area contributed by atoms with Crippen LogP contribution in [0.15, 0.2) is 35.3 Å². The standard InChI is InChI=1S/C21H23FN2O3/c1-12-10-21(2,3)24(4)18-9-17(22)13(7-15(12)18)11-23-14-5-6-19(25)16(8-14)20(26)27/h5-9,11-12,25H,10H2,1-4H3,(H,26,27). The van der Waals surface area contributed by atoms with Crippen molar-refractivity contribution < 1.29 is 19.4 Å². The number of benzene rings is 2. The van der Waals surface area contributed by atoms with Crippen LogP contribution in [0.25, 0.3) is 0 Å². The molecule has 2 aromatic rings. The number of carboxylic acid groups (broad SMARTS) is 1. The minimum Gasteiger partial charge on any atom is -0.507 e. The molecule has 1 aliphatic rings. The van der Waals surface area contributed by atoms with Crippen LogP contribution in [0.4, 0.5) is 15.8 Å². The molecule has 2 aromatic carbocycles. The summed E-state index contributed by atoms with van der Waals surface area (Å²) in [5.74, 6) is -1.68. The summed E-state index contributed by atoms with van der Waals surface area (Å²) in [6.07, 6.45) is 2.35. The quantitative estimate of drug-likeness (QED) is 0.768. The van der Waals surface area contributed by atoms with E-state index in [1.165, 1.54) is 30.5 Å². The number of aliphatic imine (C=N–C) groups is 1. The molecular weight excluding hydrogens is 347 g/mol. The van der Waals surface area contributed by atoms with Crippen LogP contribution in [0.5, 0.6) is 5.75 Å². The van der Waals surface area contributed by atoms with E-state index in [1.807, 2.05) is 13.1 Å². The number of hydrogen-bond donors (Lipinski definition) is 2. The Morgan fingerprint density at radius 1 is 1.33 bits per heavy atom. The van der Waals surface area contributed by atoms with Crippen molar-refractivity contribution in [2.75, 3.05) is 11.9 Å². The molecule has 0 aromatic heterocycles. The van der Waals surface area contributed by atoms with Crippen LogP contribution < -0.4 is 4.90 Å². The van der Waals surface area contributed by atoms with Crippen LogP contribution in [0.1, 0.15) is 54.6 Å². The lowest BCUT2D eigenvalue weighted by Crippen LogP contribution is -2.45. The maximum Gasteiger partial charge on any atom is 0.339 e. The number of carboxylic acids is 1. The van der Waals surface area contributed by atoms with Crippen LogP contribution >= 0.6 is 0 Å². The van der Waals surface area contributed by atoms with Gasteiger partial charge in [0.1, 0.15) is 17.1 Å². The Balaban J connectivity index is 1.98. The van der Waals surface area contributed by atoms with Gasteiger partial charge in [-0.3, -0.25) is 4.99 Å². The van der Waals surface area contributed by atoms with Gasteiger partial charge in [0.05, 0.1) is 5.69 Å². The zero-order chi connectivity index (χ0) is 19.9. The highest BCUT2D eigenvalue weighted by molar-refractivity contribution is 5.92. The van der Waals surface area contributed by atoms with Gasteiger partial charge in [0.15, 0.2) is 0 Å². The van der Waals surface area contributed by atoms with Crippen molar-refractivity contribution >= 4 is 23.6 Å². The summed E-state index contributed by atoms with van der Waals surface area (Å²) in [7, 11) is 1.97. The van der Waals surface area contributed by atoms with Gasteiger partial charge in [-0.05, 0) is 62.1 Å². The van der Waals surface area contributed by atoms with Gasteiger partial charge in [-0.25, -0.2) is 9.18 Å². The molecule has 2 N–H and O–H groups in total. The van der Waals surface area contributed by atoms with Gasteiger partial charge in [0, 0.05) is 30.1 Å². The Bertz CT molecular complexity index is 937. The highest BCUT2D eigenvalue weighted by atomic mass is 19.1. The summed E-state index contributed by atoms with van der Waals surface area (Å²) < 4.78 is 14.7. The van der Waals surface area contributed by atoms with Crippen molar-refractivity contribution in [1.29, 1.82) is 0 Å². The zero-order valence-corrected chi connectivity index (χ0v) is 15.8. The number of hydrogen-bond acceptors (Lipinski definition) is 4. The van der Waals surface area contributed by atoms with Gasteiger partial charge < -0.3 is 15.1 Å². The van der Waals surface area contributed by atoms with E-state index in [0.29, 0.717) is 11.3 Å². The molecule has 0 amide bonds. The molecule has 1 heterocycles. The molecular formula is C21H23FN2O3. The van der Waals surface area contributed by atoms with Crippen LogP contribution in [0, 0.1) is 5.82 Å². The molecule has 1 atom stereocenters. The van der Waals surface area contributed by atoms with E-state index in [-0.39, 0.29) is 28.6 Å². The Hall–Kier alpha value is -2.89. The smallest absolute Gasteiger partial charge is 0.339 e. The van der Waals surface area contributed by atoms with Crippen molar-refractivity contribution in [3.63, 3.8) is 0 Å². The van der Waals surface area contributed by atoms with Crippen molar-refractivity contribution in [3.05, 3.63) is 52.8 Å². The summed E-state index contributed by atoms with van der Waals surface area (Å²) in [5, 5.41) is 18.6. The first-order valence-corrected chi connectivity index (χ1v) is 8.78. The van der Waals surface area contributed by atoms with E-state index in [9.17, 15) is 14.3 Å². The lowest BCUT2D eigenvalue weighted by Gasteiger charge is -2.45. The number of phenols is 1. The Morgan fingerprint density at radius 2 is 2.04 bits per heavy atom. The first kappa shape index (κ1) is 18.9. The molecule has 1 unspecified atom stereocenters. The molecule has 6 heteroatoms. The fourth-order valence-corrected chi connectivity index (χ4v) is 3.62. The molecule has 1 aliphatic heterocycles. The minimum atomic E-state index is -1.25. The maximum absolute atomic E-state index is 14.7. The van der Waals surface area contributed by atoms with Crippen LogP contribution in [-0.4, -0.2) is 35.0 Å². The third-order valence-corrected chi connectivity index (χ3v) is 5.32. The molecule has 0 fully saturated rings. The molecule has 0 radical (unpaired) electrons. The number of aromatic carboxylic acids is 1. The monoisotopic (exact) mass is 370 g/mol. The summed E-state index contributed by atoms with van der Waals surface area (Å²) in [6.45, 7) is 6.42. The lowest BCUT2D eigenvalue weighted by molar-refractivity contribution is 0.0693. The van der Waals surface area contributed by atoms with E-state index >= 15 is 0 Å². The SMILES string of the molecule is CC1CC(C)(C)N(C)c2cc(F)c(C=Nc3ccc(O)c(C(=O)O)c3)cc21. The topological polar surface area (TPSA) is 73.1 Å². The average Bonchev–Trinajstić information content (AvgIpc) is 2.59. The minimum absolute atomic E-state index is 0.0479. The second-order valence-electron chi connectivity index (χ2n) is 7.67. The molecule has 3 rings (SSSR count). The summed E-state index contributed by atoms with van der Waals surface area (Å²) in [4.78, 5) is 17.4. The number of fused-ring (bicyclic) bond motifs is 1. The molecule has 27 heavy (non-hydrogen) atoms. The van der Waals surface area contributed by atoms with E-state index in [2.05, 4.69) is 30.7 Å². The normalized spacial score (nSPS) is 18.6. The summed E-state index contributed by atoms with van der Waals surface area (Å²) in [6, 6.07) is 7.34. The molecule has 0 saturated carbocycles. The van der Waals surface area contributed by atoms with E-state index in [4.69, 9.17) is 5.11 Å². The zero-order valence-electron chi connectivity index (χ0n) is 15.8. The van der Waals surface area contributed by atoms with Crippen LogP contribution in [0.3, 0.4) is 0 Å². The molecule has 142 valence electrons. The Kier molecular flexibility index (Phi) is 4.68. The fourth-order valence-electron chi connectivity index (χ4n) is 3.62. The van der Waals surface area contributed by atoms with Crippen LogP contribution in [-0.2, 0) is 0 Å². The van der Waals surface area contributed by atoms with Crippen molar-refractivity contribution in [2.45, 2.75) is 38.6 Å². The third kappa shape index (κ3) is 3.52. The van der Waals surface area contributed by atoms with Gasteiger partial charge in [0.2, 0.25) is 0 Å². The van der Waals surface area contributed by atoms with E-state index in [0.717, 1.165) is 17.7 Å². The highest BCUT2D eigenvalue weighted by Gasteiger charge is 2.34. The number of halogens is 1. The maximum atomic E-state index is 14.7. The van der Waals surface area contributed by atoms with Gasteiger partial charge >= 0.3 is 5.97 Å². The molecule has 0 saturated heterocycles. The van der Waals surface area contributed by atoms with Gasteiger partial charge in [0.25, 0.3) is 0 Å². The summed E-state index contributed by atoms with van der Waals surface area (Å²) in [5.41, 5.74) is 2.33. The van der Waals surface area contributed by atoms with E-state index < -0.39 is 5.97 Å². The number of aromatic hydroxyl groups is 1. The third-order valence-electron chi connectivity index (χ3n) is 5.32. The fraction of sp³-hybridized carbons (Fsp3) is 0.333. The summed E-state index contributed by atoms with van der Waals surface area (Å²) >= 11 is 0. The second kappa shape index (κ2) is 6.68. The molecule has 5 nitrogen and oxygen atoms in total. The predicted molar refractivity (Wildman–Crippen MR) is 104 cm³/mol. The lowest BCUT2D eigenvalue weighted by atomic mass is 9.80. The Labute approximate surface area is 157 Å². The number of anilines is 1. The largest absolute Gasteiger partial charge is 0.507 e. The number of carbonyl (C=O) groups is 1. The van der Waals surface area contributed by atoms with Crippen molar-refractivity contribution in [3.8, 4) is 5.75 Å². The molecule has 0 aliphatic carbocycles. The first-order chi connectivity index (χ1) is 12.6. The van der Waals surface area contributed by atoms with Crippen molar-refractivity contribution in [2.24, 2.45) is 4.99 Å². The van der Waals surface area contributed by atoms with Gasteiger partial charge in [-0.1, -0.05) is 6.92 Å². The first-order valence-electron chi connectivity index (χ1n) is 8.78. The van der Waals surface area contributed by atoms with E-state index in [1.54, 1.807) is 0 Å².